The summed E-state index contributed by atoms with van der Waals surface area (Å²) >= 11 is 0. The Balaban J connectivity index is 2.60. The Kier molecular flexibility index (Phi) is 3.09. The van der Waals surface area contributed by atoms with Crippen LogP contribution < -0.4 is 4.74 Å². The molecule has 0 radical (unpaired) electrons. The van der Waals surface area contributed by atoms with Gasteiger partial charge in [0.05, 0.1) is 12.7 Å². The zero-order valence-corrected chi connectivity index (χ0v) is 9.63. The van der Waals surface area contributed by atoms with Gasteiger partial charge in [-0.2, -0.15) is 0 Å². The van der Waals surface area contributed by atoms with Crippen LogP contribution in [-0.2, 0) is 0 Å². The molecule has 0 spiro atoms. The molecule has 2 rings (SSSR count). The highest BCUT2D eigenvalue weighted by Crippen LogP contribution is 2.29. The summed E-state index contributed by atoms with van der Waals surface area (Å²) in [5.74, 6) is -0.548. The predicted octanol–water partition coefficient (Wildman–Crippen LogP) is 3.95. The van der Waals surface area contributed by atoms with Gasteiger partial charge in [0.2, 0.25) is 0 Å². The summed E-state index contributed by atoms with van der Waals surface area (Å²) < 4.78 is 32.5. The van der Waals surface area contributed by atoms with E-state index < -0.39 is 11.6 Å². The molecule has 0 atom stereocenters. The zero-order chi connectivity index (χ0) is 12.4. The maximum atomic E-state index is 13.8. The lowest BCUT2D eigenvalue weighted by molar-refractivity contribution is 0.415. The third kappa shape index (κ3) is 2.28. The van der Waals surface area contributed by atoms with Crippen LogP contribution in [0, 0.1) is 18.6 Å². The number of hydrogen-bond donors (Lipinski definition) is 0. The summed E-state index contributed by atoms with van der Waals surface area (Å²) in [5.41, 5.74) is 1.01. The fourth-order valence-corrected chi connectivity index (χ4v) is 1.75. The van der Waals surface area contributed by atoms with E-state index >= 15 is 0 Å². The summed E-state index contributed by atoms with van der Waals surface area (Å²) in [6, 6.07) is 9.33. The molecule has 0 amide bonds. The summed E-state index contributed by atoms with van der Waals surface area (Å²) in [4.78, 5) is 0. The van der Waals surface area contributed by atoms with Crippen molar-refractivity contribution in [3.8, 4) is 16.9 Å². The average molecular weight is 234 g/mol. The number of rotatable bonds is 2. The number of methoxy groups -OCH3 is 1. The minimum atomic E-state index is -0.559. The number of benzene rings is 2. The van der Waals surface area contributed by atoms with Crippen LogP contribution in [0.2, 0.25) is 0 Å². The minimum absolute atomic E-state index is 0.0190. The average Bonchev–Trinajstić information content (AvgIpc) is 2.28. The van der Waals surface area contributed by atoms with Crippen LogP contribution in [0.3, 0.4) is 0 Å². The first-order chi connectivity index (χ1) is 8.11. The van der Waals surface area contributed by atoms with E-state index in [0.29, 0.717) is 16.9 Å². The topological polar surface area (TPSA) is 9.23 Å². The van der Waals surface area contributed by atoms with Gasteiger partial charge >= 0.3 is 0 Å². The van der Waals surface area contributed by atoms with E-state index in [0.717, 1.165) is 0 Å². The largest absolute Gasteiger partial charge is 0.497 e. The van der Waals surface area contributed by atoms with Gasteiger partial charge in [-0.3, -0.25) is 0 Å². The van der Waals surface area contributed by atoms with Crippen LogP contribution >= 0.6 is 0 Å². The van der Waals surface area contributed by atoms with Crippen molar-refractivity contribution in [3.05, 3.63) is 53.6 Å². The first-order valence-corrected chi connectivity index (χ1v) is 5.22. The molecule has 0 N–H and O–H groups in total. The zero-order valence-electron chi connectivity index (χ0n) is 9.63. The maximum Gasteiger partial charge on any atom is 0.134 e. The molecule has 17 heavy (non-hydrogen) atoms. The molecule has 88 valence electrons. The van der Waals surface area contributed by atoms with Gasteiger partial charge in [0.1, 0.15) is 17.4 Å². The number of ether oxygens (including phenoxy) is 1. The Bertz CT molecular complexity index is 527. The van der Waals surface area contributed by atoms with Crippen molar-refractivity contribution in [3.63, 3.8) is 0 Å². The van der Waals surface area contributed by atoms with E-state index in [1.54, 1.807) is 31.2 Å². The van der Waals surface area contributed by atoms with Gasteiger partial charge in [0.25, 0.3) is 0 Å². The van der Waals surface area contributed by atoms with Crippen molar-refractivity contribution in [2.24, 2.45) is 0 Å². The predicted molar refractivity (Wildman–Crippen MR) is 63.1 cm³/mol. The Labute approximate surface area is 98.7 Å². The van der Waals surface area contributed by atoms with Gasteiger partial charge in [0, 0.05) is 0 Å². The quantitative estimate of drug-likeness (QED) is 0.764. The van der Waals surface area contributed by atoms with E-state index in [9.17, 15) is 8.78 Å². The van der Waals surface area contributed by atoms with Crippen LogP contribution in [0.25, 0.3) is 11.1 Å². The standard InChI is InChI=1S/C14H12F2O/c1-9-6-12(15)14(13(16)7-9)10-4-3-5-11(8-10)17-2/h3-8H,1-2H3. The van der Waals surface area contributed by atoms with Gasteiger partial charge in [-0.15, -0.1) is 0 Å². The van der Waals surface area contributed by atoms with E-state index in [-0.39, 0.29) is 5.56 Å². The molecule has 0 heterocycles. The third-order valence-electron chi connectivity index (χ3n) is 2.54. The Morgan fingerprint density at radius 3 is 2.24 bits per heavy atom. The molecule has 0 saturated heterocycles. The highest BCUT2D eigenvalue weighted by atomic mass is 19.1. The van der Waals surface area contributed by atoms with Crippen molar-refractivity contribution < 1.29 is 13.5 Å². The van der Waals surface area contributed by atoms with E-state index in [1.165, 1.54) is 19.2 Å². The molecule has 0 saturated carbocycles. The van der Waals surface area contributed by atoms with Gasteiger partial charge in [-0.1, -0.05) is 12.1 Å². The molecule has 0 fully saturated rings. The Morgan fingerprint density at radius 2 is 1.65 bits per heavy atom. The molecule has 0 aliphatic rings. The normalized spacial score (nSPS) is 10.4. The van der Waals surface area contributed by atoms with Crippen molar-refractivity contribution in [2.45, 2.75) is 6.92 Å². The minimum Gasteiger partial charge on any atom is -0.497 e. The molecule has 1 nitrogen and oxygen atoms in total. The number of halogens is 2. The van der Waals surface area contributed by atoms with Crippen molar-refractivity contribution >= 4 is 0 Å². The molecular weight excluding hydrogens is 222 g/mol. The molecule has 0 aliphatic heterocycles. The molecule has 2 aromatic rings. The number of aryl methyl sites for hydroxylation is 1. The van der Waals surface area contributed by atoms with Crippen LogP contribution in [0.1, 0.15) is 5.56 Å². The SMILES string of the molecule is COc1cccc(-c2c(F)cc(C)cc2F)c1. The van der Waals surface area contributed by atoms with Crippen LogP contribution in [0.15, 0.2) is 36.4 Å². The molecule has 0 aliphatic carbocycles. The highest BCUT2D eigenvalue weighted by Gasteiger charge is 2.12. The highest BCUT2D eigenvalue weighted by molar-refractivity contribution is 5.66. The molecule has 0 bridgehead atoms. The molecule has 0 unspecified atom stereocenters. The van der Waals surface area contributed by atoms with Crippen molar-refractivity contribution in [2.75, 3.05) is 7.11 Å². The second-order valence-electron chi connectivity index (χ2n) is 3.84. The molecule has 3 heteroatoms. The lowest BCUT2D eigenvalue weighted by atomic mass is 10.0. The summed E-state index contributed by atoms with van der Waals surface area (Å²) in [6.45, 7) is 1.65. The van der Waals surface area contributed by atoms with Gasteiger partial charge in [-0.05, 0) is 42.3 Å². The first-order valence-electron chi connectivity index (χ1n) is 5.22. The van der Waals surface area contributed by atoms with E-state index in [2.05, 4.69) is 0 Å². The second kappa shape index (κ2) is 4.53. The monoisotopic (exact) mass is 234 g/mol. The van der Waals surface area contributed by atoms with Crippen molar-refractivity contribution in [1.82, 2.24) is 0 Å². The molecular formula is C14H12F2O. The van der Waals surface area contributed by atoms with Crippen LogP contribution in [-0.4, -0.2) is 7.11 Å². The smallest absolute Gasteiger partial charge is 0.134 e. The lowest BCUT2D eigenvalue weighted by Crippen LogP contribution is -1.92. The van der Waals surface area contributed by atoms with E-state index in [4.69, 9.17) is 4.74 Å². The van der Waals surface area contributed by atoms with Crippen LogP contribution in [0.5, 0.6) is 5.75 Å². The van der Waals surface area contributed by atoms with Gasteiger partial charge < -0.3 is 4.74 Å². The van der Waals surface area contributed by atoms with Gasteiger partial charge in [0.15, 0.2) is 0 Å². The third-order valence-corrected chi connectivity index (χ3v) is 2.54. The second-order valence-corrected chi connectivity index (χ2v) is 3.84. The fourth-order valence-electron chi connectivity index (χ4n) is 1.75. The summed E-state index contributed by atoms with van der Waals surface area (Å²) in [7, 11) is 1.51. The number of hydrogen-bond acceptors (Lipinski definition) is 1. The first kappa shape index (κ1) is 11.6. The van der Waals surface area contributed by atoms with Gasteiger partial charge in [-0.25, -0.2) is 8.78 Å². The molecule has 2 aromatic carbocycles. The van der Waals surface area contributed by atoms with Crippen LogP contribution in [0.4, 0.5) is 8.78 Å². The fraction of sp³-hybridized carbons (Fsp3) is 0.143. The maximum absolute atomic E-state index is 13.8. The van der Waals surface area contributed by atoms with E-state index in [1.807, 2.05) is 0 Å². The summed E-state index contributed by atoms with van der Waals surface area (Å²) in [5, 5.41) is 0. The Morgan fingerprint density at radius 1 is 1.00 bits per heavy atom. The van der Waals surface area contributed by atoms with Crippen molar-refractivity contribution in [1.29, 1.82) is 0 Å². The summed E-state index contributed by atoms with van der Waals surface area (Å²) in [6.07, 6.45) is 0. The Hall–Kier alpha value is -1.90. The molecule has 0 aromatic heterocycles. The lowest BCUT2D eigenvalue weighted by Gasteiger charge is -2.08.